The van der Waals surface area contributed by atoms with Gasteiger partial charge in [-0.2, -0.15) is 0 Å². The summed E-state index contributed by atoms with van der Waals surface area (Å²) in [6.45, 7) is 6.71. The first-order valence-electron chi connectivity index (χ1n) is 7.26. The number of rotatable bonds is 5. The molecule has 21 heavy (non-hydrogen) atoms. The van der Waals surface area contributed by atoms with E-state index in [2.05, 4.69) is 11.8 Å². The van der Waals surface area contributed by atoms with Crippen LogP contribution in [-0.4, -0.2) is 35.3 Å². The summed E-state index contributed by atoms with van der Waals surface area (Å²) in [4.78, 5) is 12.7. The van der Waals surface area contributed by atoms with Gasteiger partial charge in [-0.1, -0.05) is 6.92 Å². The molecule has 1 fully saturated rings. The van der Waals surface area contributed by atoms with Crippen LogP contribution in [0, 0.1) is 16.0 Å². The molecule has 1 aromatic rings. The van der Waals surface area contributed by atoms with Crippen LogP contribution >= 0.6 is 0 Å². The molecule has 0 aliphatic carbocycles. The molecule has 0 spiro atoms. The van der Waals surface area contributed by atoms with Crippen LogP contribution in [0.15, 0.2) is 18.2 Å². The van der Waals surface area contributed by atoms with Crippen LogP contribution in [0.25, 0.3) is 0 Å². The fourth-order valence-electron chi connectivity index (χ4n) is 2.79. The molecule has 0 radical (unpaired) electrons. The number of hydrogen-bond donors (Lipinski definition) is 1. The zero-order valence-corrected chi connectivity index (χ0v) is 12.7. The predicted molar refractivity (Wildman–Crippen MR) is 80.9 cm³/mol. The van der Waals surface area contributed by atoms with Crippen molar-refractivity contribution in [2.45, 2.75) is 39.3 Å². The lowest BCUT2D eigenvalue weighted by atomic mass is 10.0. The summed E-state index contributed by atoms with van der Waals surface area (Å²) in [6, 6.07) is 4.97. The van der Waals surface area contributed by atoms with Gasteiger partial charge < -0.3 is 14.7 Å². The summed E-state index contributed by atoms with van der Waals surface area (Å²) >= 11 is 0. The first-order valence-corrected chi connectivity index (χ1v) is 7.26. The Morgan fingerprint density at radius 1 is 1.52 bits per heavy atom. The number of nitro benzene ring substituents is 1. The minimum absolute atomic E-state index is 0.0276. The lowest BCUT2D eigenvalue weighted by molar-refractivity contribution is -0.386. The third-order valence-electron chi connectivity index (χ3n) is 3.90. The highest BCUT2D eigenvalue weighted by Crippen LogP contribution is 2.36. The van der Waals surface area contributed by atoms with E-state index >= 15 is 0 Å². The van der Waals surface area contributed by atoms with Crippen molar-refractivity contribution < 1.29 is 14.8 Å². The Balaban J connectivity index is 2.35. The lowest BCUT2D eigenvalue weighted by Gasteiger charge is -2.27. The van der Waals surface area contributed by atoms with Crippen molar-refractivity contribution >= 4 is 11.4 Å². The molecule has 2 atom stereocenters. The third-order valence-corrected chi connectivity index (χ3v) is 3.90. The quantitative estimate of drug-likeness (QED) is 0.667. The van der Waals surface area contributed by atoms with Gasteiger partial charge in [0.1, 0.15) is 0 Å². The molecule has 0 aromatic heterocycles. The molecule has 116 valence electrons. The van der Waals surface area contributed by atoms with E-state index in [0.29, 0.717) is 5.92 Å². The van der Waals surface area contributed by atoms with Crippen molar-refractivity contribution in [2.75, 3.05) is 18.1 Å². The average Bonchev–Trinajstić information content (AvgIpc) is 2.78. The Labute approximate surface area is 124 Å². The van der Waals surface area contributed by atoms with E-state index in [9.17, 15) is 15.2 Å². The maximum absolute atomic E-state index is 11.1. The van der Waals surface area contributed by atoms with Crippen LogP contribution in [-0.2, 0) is 0 Å². The van der Waals surface area contributed by atoms with Crippen molar-refractivity contribution in [2.24, 2.45) is 5.92 Å². The van der Waals surface area contributed by atoms with E-state index in [4.69, 9.17) is 4.74 Å². The highest BCUT2D eigenvalue weighted by Gasteiger charge is 2.31. The highest BCUT2D eigenvalue weighted by atomic mass is 16.6. The number of nitro groups is 1. The number of ether oxygens (including phenoxy) is 1. The molecule has 0 bridgehead atoms. The Bertz CT molecular complexity index is 518. The van der Waals surface area contributed by atoms with Gasteiger partial charge in [-0.15, -0.1) is 0 Å². The monoisotopic (exact) mass is 294 g/mol. The van der Waals surface area contributed by atoms with Gasteiger partial charge in [0, 0.05) is 24.4 Å². The highest BCUT2D eigenvalue weighted by molar-refractivity contribution is 5.60. The topological polar surface area (TPSA) is 75.8 Å². The van der Waals surface area contributed by atoms with E-state index in [1.807, 2.05) is 13.8 Å². The van der Waals surface area contributed by atoms with E-state index in [1.165, 1.54) is 6.07 Å². The van der Waals surface area contributed by atoms with Crippen molar-refractivity contribution in [1.29, 1.82) is 0 Å². The zero-order valence-electron chi connectivity index (χ0n) is 12.7. The molecule has 0 amide bonds. The SMILES string of the molecule is CC(C)Oc1cc(N2CCC(C)C2CO)ccc1[N+](=O)[O-]. The molecule has 1 aliphatic rings. The molecule has 6 heteroatoms. The van der Waals surface area contributed by atoms with Gasteiger partial charge in [0.25, 0.3) is 0 Å². The summed E-state index contributed by atoms with van der Waals surface area (Å²) < 4.78 is 5.57. The summed E-state index contributed by atoms with van der Waals surface area (Å²) in [5.41, 5.74) is 0.833. The Hall–Kier alpha value is -1.82. The number of hydrogen-bond acceptors (Lipinski definition) is 5. The van der Waals surface area contributed by atoms with Gasteiger partial charge in [0.2, 0.25) is 0 Å². The lowest BCUT2D eigenvalue weighted by Crippen LogP contribution is -2.35. The molecule has 1 aromatic carbocycles. The first kappa shape index (κ1) is 15.6. The number of anilines is 1. The van der Waals surface area contributed by atoms with E-state index in [0.717, 1.165) is 18.7 Å². The minimum Gasteiger partial charge on any atom is -0.484 e. The van der Waals surface area contributed by atoms with Crippen LogP contribution in [0.5, 0.6) is 5.75 Å². The van der Waals surface area contributed by atoms with Crippen molar-refractivity contribution in [3.63, 3.8) is 0 Å². The molecule has 6 nitrogen and oxygen atoms in total. The summed E-state index contributed by atoms with van der Waals surface area (Å²) in [5.74, 6) is 0.684. The summed E-state index contributed by atoms with van der Waals surface area (Å²) in [6.07, 6.45) is 0.868. The number of aliphatic hydroxyl groups excluding tert-OH is 1. The predicted octanol–water partition coefficient (Wildman–Crippen LogP) is 2.59. The minimum atomic E-state index is -0.433. The largest absolute Gasteiger partial charge is 0.484 e. The first-order chi connectivity index (χ1) is 9.93. The summed E-state index contributed by atoms with van der Waals surface area (Å²) in [7, 11) is 0. The Morgan fingerprint density at radius 3 is 2.81 bits per heavy atom. The van der Waals surface area contributed by atoms with Crippen LogP contribution in [0.1, 0.15) is 27.2 Å². The second-order valence-corrected chi connectivity index (χ2v) is 5.79. The van der Waals surface area contributed by atoms with Gasteiger partial charge in [0.05, 0.1) is 23.7 Å². The molecular formula is C15H22N2O4. The molecule has 0 saturated carbocycles. The van der Waals surface area contributed by atoms with Crippen LogP contribution in [0.4, 0.5) is 11.4 Å². The zero-order chi connectivity index (χ0) is 15.6. The molecule has 1 saturated heterocycles. The molecule has 1 heterocycles. The smallest absolute Gasteiger partial charge is 0.311 e. The van der Waals surface area contributed by atoms with Gasteiger partial charge in [-0.05, 0) is 32.3 Å². The number of nitrogens with zero attached hydrogens (tertiary/aromatic N) is 2. The van der Waals surface area contributed by atoms with Crippen LogP contribution in [0.2, 0.25) is 0 Å². The molecule has 1 N–H and O–H groups in total. The second-order valence-electron chi connectivity index (χ2n) is 5.79. The van der Waals surface area contributed by atoms with Crippen molar-refractivity contribution in [1.82, 2.24) is 0 Å². The second kappa shape index (κ2) is 6.30. The van der Waals surface area contributed by atoms with Gasteiger partial charge in [-0.25, -0.2) is 0 Å². The normalized spacial score (nSPS) is 21.9. The number of aliphatic hydroxyl groups is 1. The third kappa shape index (κ3) is 3.26. The molecular weight excluding hydrogens is 272 g/mol. The fourth-order valence-corrected chi connectivity index (χ4v) is 2.79. The average molecular weight is 294 g/mol. The van der Waals surface area contributed by atoms with Gasteiger partial charge in [-0.3, -0.25) is 10.1 Å². The van der Waals surface area contributed by atoms with E-state index < -0.39 is 4.92 Å². The maximum atomic E-state index is 11.1. The van der Waals surface area contributed by atoms with Crippen LogP contribution < -0.4 is 9.64 Å². The van der Waals surface area contributed by atoms with Crippen molar-refractivity contribution in [3.8, 4) is 5.75 Å². The summed E-state index contributed by atoms with van der Waals surface area (Å²) in [5, 5.41) is 20.6. The number of benzene rings is 1. The Morgan fingerprint density at radius 2 is 2.24 bits per heavy atom. The molecule has 1 aliphatic heterocycles. The maximum Gasteiger partial charge on any atom is 0.311 e. The standard InChI is InChI=1S/C15H22N2O4/c1-10(2)21-15-8-12(4-5-13(15)17(19)20)16-7-6-11(3)14(16)9-18/h4-5,8,10-11,14,18H,6-7,9H2,1-3H3. The van der Waals surface area contributed by atoms with E-state index in [1.54, 1.807) is 12.1 Å². The van der Waals surface area contributed by atoms with Gasteiger partial charge >= 0.3 is 5.69 Å². The van der Waals surface area contributed by atoms with E-state index in [-0.39, 0.29) is 30.2 Å². The van der Waals surface area contributed by atoms with Crippen LogP contribution in [0.3, 0.4) is 0 Å². The Kier molecular flexibility index (Phi) is 4.67. The van der Waals surface area contributed by atoms with Crippen molar-refractivity contribution in [3.05, 3.63) is 28.3 Å². The molecule has 2 rings (SSSR count). The molecule has 2 unspecified atom stereocenters. The fraction of sp³-hybridized carbons (Fsp3) is 0.600. The van der Waals surface area contributed by atoms with Gasteiger partial charge in [0.15, 0.2) is 5.75 Å².